The maximum absolute atomic E-state index is 14.7. The summed E-state index contributed by atoms with van der Waals surface area (Å²) in [5, 5.41) is 7.43. The normalized spacial score (nSPS) is 15.5. The second-order valence-electron chi connectivity index (χ2n) is 7.91. The van der Waals surface area contributed by atoms with Gasteiger partial charge >= 0.3 is 0 Å². The second-order valence-corrected chi connectivity index (χ2v) is 9.20. The minimum absolute atomic E-state index is 0.0702. The van der Waals surface area contributed by atoms with E-state index in [-0.39, 0.29) is 15.7 Å². The van der Waals surface area contributed by atoms with Crippen molar-refractivity contribution in [3.63, 3.8) is 0 Å². The molecule has 1 aromatic heterocycles. The van der Waals surface area contributed by atoms with Gasteiger partial charge in [-0.1, -0.05) is 23.6 Å². The number of nitrogens with one attached hydrogen (secondary N) is 2. The van der Waals surface area contributed by atoms with Crippen LogP contribution in [0.3, 0.4) is 0 Å². The van der Waals surface area contributed by atoms with Crippen LogP contribution in [0.4, 0.5) is 24.0 Å². The van der Waals surface area contributed by atoms with Crippen LogP contribution in [0.15, 0.2) is 35.7 Å². The van der Waals surface area contributed by atoms with E-state index < -0.39 is 34.3 Å². The summed E-state index contributed by atoms with van der Waals surface area (Å²) in [6.45, 7) is 4.22. The smallest absolute Gasteiger partial charge is 0.263 e. The third-order valence-corrected chi connectivity index (χ3v) is 6.72. The van der Waals surface area contributed by atoms with E-state index in [4.69, 9.17) is 18.0 Å². The van der Waals surface area contributed by atoms with E-state index in [1.165, 1.54) is 12.1 Å². The lowest BCUT2D eigenvalue weighted by atomic mass is 9.80. The van der Waals surface area contributed by atoms with Crippen LogP contribution in [0.5, 0.6) is 0 Å². The summed E-state index contributed by atoms with van der Waals surface area (Å²) < 4.78 is 44.0. The van der Waals surface area contributed by atoms with E-state index in [0.717, 1.165) is 29.5 Å². The molecule has 2 heterocycles. The Morgan fingerprint density at radius 2 is 1.88 bits per heavy atom. The molecule has 1 atom stereocenters. The fraction of sp³-hybridized carbons (Fsp3) is 0.250. The number of benzene rings is 2. The van der Waals surface area contributed by atoms with Crippen LogP contribution >= 0.6 is 22.9 Å². The number of nitrogens with zero attached hydrogens (tertiary/aromatic N) is 2. The molecule has 4 rings (SSSR count). The second kappa shape index (κ2) is 9.66. The third kappa shape index (κ3) is 4.62. The van der Waals surface area contributed by atoms with E-state index in [1.54, 1.807) is 12.3 Å². The fourth-order valence-electron chi connectivity index (χ4n) is 3.79. The van der Waals surface area contributed by atoms with E-state index in [0.29, 0.717) is 37.6 Å². The number of hydrogen-bond donors (Lipinski definition) is 2. The van der Waals surface area contributed by atoms with Crippen LogP contribution in [0.1, 0.15) is 28.5 Å². The first-order valence-electron chi connectivity index (χ1n) is 10.4. The van der Waals surface area contributed by atoms with Gasteiger partial charge in [0.25, 0.3) is 5.91 Å². The third-order valence-electron chi connectivity index (χ3n) is 5.73. The van der Waals surface area contributed by atoms with Gasteiger partial charge in [0.15, 0.2) is 5.13 Å². The Morgan fingerprint density at radius 1 is 1.21 bits per heavy atom. The molecule has 2 N–H and O–H groups in total. The van der Waals surface area contributed by atoms with Crippen molar-refractivity contribution in [2.75, 3.05) is 36.4 Å². The van der Waals surface area contributed by atoms with Gasteiger partial charge in [-0.25, -0.2) is 18.2 Å². The number of amides is 1. The van der Waals surface area contributed by atoms with Gasteiger partial charge in [0, 0.05) is 47.8 Å². The Labute approximate surface area is 204 Å². The van der Waals surface area contributed by atoms with Crippen LogP contribution in [0.2, 0.25) is 5.02 Å². The van der Waals surface area contributed by atoms with Gasteiger partial charge in [0.2, 0.25) is 0 Å². The first kappa shape index (κ1) is 24.1. The van der Waals surface area contributed by atoms with Crippen molar-refractivity contribution < 1.29 is 18.0 Å². The number of aromatic nitrogens is 1. The number of halogens is 4. The Morgan fingerprint density at radius 3 is 2.50 bits per heavy atom. The van der Waals surface area contributed by atoms with Crippen molar-refractivity contribution >= 4 is 39.7 Å². The molecule has 2 aromatic carbocycles. The Kier molecular flexibility index (Phi) is 6.84. The zero-order chi connectivity index (χ0) is 24.5. The first-order valence-corrected chi connectivity index (χ1v) is 11.6. The molecular formula is C24H20ClF3N4OS. The molecule has 10 heteroatoms. The number of rotatable bonds is 5. The number of carbonyl (C=O) groups is 1. The number of carbonyl (C=O) groups excluding carboxylic acids is 1. The molecule has 0 unspecified atom stereocenters. The molecule has 5 nitrogen and oxygen atoms in total. The predicted molar refractivity (Wildman–Crippen MR) is 128 cm³/mol. The number of terminal acetylenes is 1. The summed E-state index contributed by atoms with van der Waals surface area (Å²) in [4.78, 5) is 18.8. The molecular weight excluding hydrogens is 485 g/mol. The maximum Gasteiger partial charge on any atom is 0.263 e. The molecule has 1 aliphatic heterocycles. The summed E-state index contributed by atoms with van der Waals surface area (Å²) >= 11 is 6.84. The van der Waals surface area contributed by atoms with E-state index in [2.05, 4.69) is 21.5 Å². The van der Waals surface area contributed by atoms with Crippen LogP contribution in [-0.4, -0.2) is 37.1 Å². The van der Waals surface area contributed by atoms with E-state index in [9.17, 15) is 18.0 Å². The van der Waals surface area contributed by atoms with E-state index in [1.807, 2.05) is 4.90 Å². The van der Waals surface area contributed by atoms with E-state index >= 15 is 0 Å². The van der Waals surface area contributed by atoms with Gasteiger partial charge in [0.05, 0.1) is 11.1 Å². The molecule has 34 heavy (non-hydrogen) atoms. The van der Waals surface area contributed by atoms with Gasteiger partial charge in [-0.05, 0) is 31.2 Å². The highest BCUT2D eigenvalue weighted by molar-refractivity contribution is 7.14. The number of piperazine rings is 1. The molecule has 3 aromatic rings. The highest BCUT2D eigenvalue weighted by Crippen LogP contribution is 2.36. The van der Waals surface area contributed by atoms with Crippen LogP contribution in [-0.2, 0) is 5.41 Å². The number of thiazole rings is 1. The van der Waals surface area contributed by atoms with Crippen molar-refractivity contribution in [3.05, 3.63) is 75.0 Å². The molecule has 0 aliphatic carbocycles. The molecule has 1 saturated heterocycles. The molecule has 0 saturated carbocycles. The minimum Gasteiger partial charge on any atom is -0.369 e. The van der Waals surface area contributed by atoms with Crippen LogP contribution < -0.4 is 15.5 Å². The average molecular weight is 505 g/mol. The van der Waals surface area contributed by atoms with Crippen molar-refractivity contribution in [2.24, 2.45) is 0 Å². The minimum atomic E-state index is -1.25. The lowest BCUT2D eigenvalue weighted by molar-refractivity contribution is 0.101. The number of anilines is 2. The standard InChI is InChI=1S/C24H20ClF3N4OS/c1-3-24(2,16-5-4-14(25)10-17(16)26)20-13-34-23(30-20)31-22(33)21-18(27)11-15(12-19(21)28)32-8-6-29-7-9-32/h1,4-5,10-13,29H,6-9H2,2H3,(H,30,31,33)/t24-/m0/s1. The summed E-state index contributed by atoms with van der Waals surface area (Å²) in [7, 11) is 0. The Bertz CT molecular complexity index is 1260. The van der Waals surface area contributed by atoms with Gasteiger partial charge in [0.1, 0.15) is 23.0 Å². The lowest BCUT2D eigenvalue weighted by Crippen LogP contribution is -2.43. The van der Waals surface area contributed by atoms with Gasteiger partial charge in [-0.2, -0.15) is 0 Å². The summed E-state index contributed by atoms with van der Waals surface area (Å²) in [6.07, 6.45) is 5.72. The van der Waals surface area contributed by atoms with Crippen molar-refractivity contribution in [1.82, 2.24) is 10.3 Å². The highest BCUT2D eigenvalue weighted by atomic mass is 35.5. The van der Waals surface area contributed by atoms with Gasteiger partial charge < -0.3 is 10.2 Å². The first-order chi connectivity index (χ1) is 16.2. The SMILES string of the molecule is C#C[C@](C)(c1csc(NC(=O)c2c(F)cc(N3CCNCC3)cc2F)n1)c1ccc(Cl)cc1F. The topological polar surface area (TPSA) is 57.3 Å². The largest absolute Gasteiger partial charge is 0.369 e. The summed E-state index contributed by atoms with van der Waals surface area (Å²) in [5.41, 5.74) is -1.11. The molecule has 1 aliphatic rings. The van der Waals surface area contributed by atoms with Gasteiger partial charge in [-0.15, -0.1) is 17.8 Å². The van der Waals surface area contributed by atoms with Crippen molar-refractivity contribution in [3.8, 4) is 12.3 Å². The quantitative estimate of drug-likeness (QED) is 0.489. The Balaban J connectivity index is 1.57. The van der Waals surface area contributed by atoms with Crippen molar-refractivity contribution in [2.45, 2.75) is 12.3 Å². The zero-order valence-electron chi connectivity index (χ0n) is 18.1. The molecule has 1 amide bonds. The summed E-state index contributed by atoms with van der Waals surface area (Å²) in [6, 6.07) is 6.43. The van der Waals surface area contributed by atoms with Crippen LogP contribution in [0.25, 0.3) is 0 Å². The average Bonchev–Trinajstić information content (AvgIpc) is 3.27. The van der Waals surface area contributed by atoms with Crippen molar-refractivity contribution in [1.29, 1.82) is 0 Å². The summed E-state index contributed by atoms with van der Waals surface area (Å²) in [5.74, 6) is -0.981. The maximum atomic E-state index is 14.7. The lowest BCUT2D eigenvalue weighted by Gasteiger charge is -2.29. The molecule has 0 spiro atoms. The van der Waals surface area contributed by atoms with Gasteiger partial charge in [-0.3, -0.25) is 10.1 Å². The highest BCUT2D eigenvalue weighted by Gasteiger charge is 2.33. The van der Waals surface area contributed by atoms with Crippen LogP contribution in [0, 0.1) is 29.8 Å². The molecule has 176 valence electrons. The number of hydrogen-bond acceptors (Lipinski definition) is 5. The molecule has 1 fully saturated rings. The zero-order valence-corrected chi connectivity index (χ0v) is 19.7. The molecule has 0 bridgehead atoms. The molecule has 0 radical (unpaired) electrons. The monoisotopic (exact) mass is 504 g/mol. The predicted octanol–water partition coefficient (Wildman–Crippen LogP) is 4.81. The Hall–Kier alpha value is -3.06. The fourth-order valence-corrected chi connectivity index (χ4v) is 4.76.